The lowest BCUT2D eigenvalue weighted by Gasteiger charge is -2.44. The van der Waals surface area contributed by atoms with Gasteiger partial charge in [-0.25, -0.2) is 0 Å². The van der Waals surface area contributed by atoms with Crippen molar-refractivity contribution in [3.05, 3.63) is 12.2 Å². The fourth-order valence-electron chi connectivity index (χ4n) is 8.27. The number of nitrogens with zero attached hydrogens (tertiary/aromatic N) is 2. The molecule has 4 saturated carbocycles. The van der Waals surface area contributed by atoms with Crippen molar-refractivity contribution in [2.24, 2.45) is 29.6 Å². The van der Waals surface area contributed by atoms with Gasteiger partial charge in [0.1, 0.15) is 0 Å². The topological polar surface area (TPSA) is 71.5 Å². The van der Waals surface area contributed by atoms with Crippen molar-refractivity contribution >= 4 is 5.91 Å². The molecular weight excluding hydrogens is 480 g/mol. The summed E-state index contributed by atoms with van der Waals surface area (Å²) in [6.07, 6.45) is 13.2. The molecule has 0 bridgehead atoms. The van der Waals surface area contributed by atoms with Gasteiger partial charge in [-0.15, -0.1) is 0 Å². The van der Waals surface area contributed by atoms with Crippen molar-refractivity contribution in [1.29, 1.82) is 0 Å². The summed E-state index contributed by atoms with van der Waals surface area (Å²) in [6.45, 7) is 10.7. The fraction of sp³-hybridized carbons (Fsp3) is 0.903. The molecule has 4 aliphatic carbocycles. The summed E-state index contributed by atoms with van der Waals surface area (Å²) in [6, 6.07) is 0. The highest BCUT2D eigenvalue weighted by Crippen LogP contribution is 2.46. The van der Waals surface area contributed by atoms with Crippen LogP contribution < -0.4 is 0 Å². The van der Waals surface area contributed by atoms with Gasteiger partial charge in [0.2, 0.25) is 5.91 Å². The number of hydrogen-bond acceptors (Lipinski definition) is 6. The van der Waals surface area contributed by atoms with Crippen molar-refractivity contribution in [2.45, 2.75) is 95.0 Å². The number of ether oxygens (including phenoxy) is 3. The predicted octanol–water partition coefficient (Wildman–Crippen LogP) is 3.99. The summed E-state index contributed by atoms with van der Waals surface area (Å²) in [7, 11) is 0. The zero-order valence-corrected chi connectivity index (χ0v) is 23.4. The lowest BCUT2D eigenvalue weighted by atomic mass is 9.68. The van der Waals surface area contributed by atoms with Gasteiger partial charge in [-0.05, 0) is 82.0 Å². The summed E-state index contributed by atoms with van der Waals surface area (Å²) in [4.78, 5) is 17.8. The maximum atomic E-state index is 13.2. The molecule has 214 valence electrons. The van der Waals surface area contributed by atoms with Crippen molar-refractivity contribution in [3.63, 3.8) is 0 Å². The zero-order chi connectivity index (χ0) is 26.1. The van der Waals surface area contributed by atoms with Gasteiger partial charge in [-0.1, -0.05) is 12.2 Å². The monoisotopic (exact) mass is 530 g/mol. The molecule has 1 amide bonds. The van der Waals surface area contributed by atoms with Gasteiger partial charge in [0, 0.05) is 64.0 Å². The van der Waals surface area contributed by atoms with Gasteiger partial charge in [0.05, 0.1) is 25.4 Å². The Kier molecular flexibility index (Phi) is 8.49. The van der Waals surface area contributed by atoms with Gasteiger partial charge in [0.15, 0.2) is 5.79 Å². The quantitative estimate of drug-likeness (QED) is 0.502. The molecule has 6 rings (SSSR count). The van der Waals surface area contributed by atoms with Crippen LogP contribution in [0.3, 0.4) is 0 Å². The Bertz CT molecular complexity index is 818. The molecule has 7 nitrogen and oxygen atoms in total. The fourth-order valence-corrected chi connectivity index (χ4v) is 8.27. The average Bonchev–Trinajstić information content (AvgIpc) is 3.45. The highest BCUT2D eigenvalue weighted by molar-refractivity contribution is 5.79. The van der Waals surface area contributed by atoms with Crippen LogP contribution in [0.15, 0.2) is 12.2 Å². The summed E-state index contributed by atoms with van der Waals surface area (Å²) in [5.74, 6) is 2.60. The Morgan fingerprint density at radius 1 is 0.947 bits per heavy atom. The molecule has 2 aliphatic heterocycles. The Hall–Kier alpha value is -0.990. The Balaban J connectivity index is 0.909. The van der Waals surface area contributed by atoms with Crippen LogP contribution in [-0.4, -0.2) is 91.4 Å². The van der Waals surface area contributed by atoms with Gasteiger partial charge in [-0.2, -0.15) is 0 Å². The SMILES string of the molecule is C=C1CC1CN1CCN(C(=O)C2CCC(OC3CCC(C4CCC5(CC4)OCCO5)CC3CO)CC2)CC1. The number of carbonyl (C=O) groups excluding carboxylic acids is 1. The summed E-state index contributed by atoms with van der Waals surface area (Å²) >= 11 is 0. The molecule has 0 radical (unpaired) electrons. The first-order valence-corrected chi connectivity index (χ1v) is 15.7. The molecule has 2 heterocycles. The molecule has 6 aliphatic rings. The van der Waals surface area contributed by atoms with Gasteiger partial charge in [0.25, 0.3) is 0 Å². The van der Waals surface area contributed by atoms with Crippen LogP contribution in [0.4, 0.5) is 0 Å². The molecule has 0 aromatic carbocycles. The number of hydrogen-bond donors (Lipinski definition) is 1. The largest absolute Gasteiger partial charge is 0.396 e. The van der Waals surface area contributed by atoms with E-state index in [1.54, 1.807) is 0 Å². The van der Waals surface area contributed by atoms with Crippen LogP contribution in [0.2, 0.25) is 0 Å². The van der Waals surface area contributed by atoms with Crippen molar-refractivity contribution in [1.82, 2.24) is 9.80 Å². The summed E-state index contributed by atoms with van der Waals surface area (Å²) in [5.41, 5.74) is 1.40. The maximum absolute atomic E-state index is 13.2. The second-order valence-corrected chi connectivity index (χ2v) is 13.3. The lowest BCUT2D eigenvalue weighted by Crippen LogP contribution is -2.51. The van der Waals surface area contributed by atoms with E-state index >= 15 is 0 Å². The van der Waals surface area contributed by atoms with Crippen molar-refractivity contribution < 1.29 is 24.1 Å². The molecule has 6 fully saturated rings. The van der Waals surface area contributed by atoms with Crippen LogP contribution in [0.1, 0.15) is 77.0 Å². The van der Waals surface area contributed by atoms with E-state index < -0.39 is 0 Å². The molecule has 1 N–H and O–H groups in total. The second-order valence-electron chi connectivity index (χ2n) is 13.3. The van der Waals surface area contributed by atoms with Crippen LogP contribution in [-0.2, 0) is 19.0 Å². The molecule has 1 spiro atoms. The molecule has 38 heavy (non-hydrogen) atoms. The summed E-state index contributed by atoms with van der Waals surface area (Å²) < 4.78 is 18.5. The average molecular weight is 531 g/mol. The third-order valence-electron chi connectivity index (χ3n) is 10.9. The normalized spacial score (nSPS) is 38.6. The van der Waals surface area contributed by atoms with E-state index in [-0.39, 0.29) is 36.4 Å². The third-order valence-corrected chi connectivity index (χ3v) is 10.9. The van der Waals surface area contributed by atoms with Gasteiger partial charge >= 0.3 is 0 Å². The molecule has 0 aromatic rings. The Morgan fingerprint density at radius 2 is 1.63 bits per heavy atom. The molecular formula is C31H50N2O5. The van der Waals surface area contributed by atoms with Crippen molar-refractivity contribution in [3.8, 4) is 0 Å². The summed E-state index contributed by atoms with van der Waals surface area (Å²) in [5, 5.41) is 10.2. The maximum Gasteiger partial charge on any atom is 0.225 e. The Morgan fingerprint density at radius 3 is 2.26 bits per heavy atom. The van der Waals surface area contributed by atoms with E-state index in [0.29, 0.717) is 17.7 Å². The molecule has 4 atom stereocenters. The molecule has 2 saturated heterocycles. The van der Waals surface area contributed by atoms with Crippen LogP contribution in [0, 0.1) is 29.6 Å². The molecule has 4 unspecified atom stereocenters. The Labute approximate surface area is 229 Å². The smallest absolute Gasteiger partial charge is 0.225 e. The van der Waals surface area contributed by atoms with E-state index in [9.17, 15) is 9.90 Å². The minimum Gasteiger partial charge on any atom is -0.396 e. The number of rotatable bonds is 7. The van der Waals surface area contributed by atoms with E-state index in [1.807, 2.05) is 0 Å². The minimum atomic E-state index is -0.284. The highest BCUT2D eigenvalue weighted by Gasteiger charge is 2.44. The number of carbonyl (C=O) groups is 1. The van der Waals surface area contributed by atoms with Crippen LogP contribution >= 0.6 is 0 Å². The lowest BCUT2D eigenvalue weighted by molar-refractivity contribution is -0.187. The third kappa shape index (κ3) is 6.17. The number of aliphatic hydroxyl groups excluding tert-OH is 1. The first-order valence-electron chi connectivity index (χ1n) is 15.7. The van der Waals surface area contributed by atoms with E-state index in [4.69, 9.17) is 14.2 Å². The van der Waals surface area contributed by atoms with Crippen LogP contribution in [0.25, 0.3) is 0 Å². The number of amides is 1. The standard InChI is InChI=1S/C31H50N2O5/c1-22-18-26(22)20-32-12-14-33(15-13-32)30(35)24-2-5-28(6-3-24)38-29-7-4-25(19-27(29)21-34)23-8-10-31(11-9-23)36-16-17-37-31/h23-29,34H,1-21H2. The molecule has 7 heteroatoms. The number of piperazine rings is 1. The van der Waals surface area contributed by atoms with E-state index in [1.165, 1.54) is 31.3 Å². The van der Waals surface area contributed by atoms with Crippen LogP contribution in [0.5, 0.6) is 0 Å². The highest BCUT2D eigenvalue weighted by atomic mass is 16.7. The zero-order valence-electron chi connectivity index (χ0n) is 23.4. The minimum absolute atomic E-state index is 0.163. The first kappa shape index (κ1) is 27.2. The first-order chi connectivity index (χ1) is 18.5. The van der Waals surface area contributed by atoms with E-state index in [0.717, 1.165) is 103 Å². The van der Waals surface area contributed by atoms with Gasteiger partial charge < -0.3 is 24.2 Å². The van der Waals surface area contributed by atoms with E-state index in [2.05, 4.69) is 16.4 Å². The second kappa shape index (κ2) is 11.9. The van der Waals surface area contributed by atoms with Gasteiger partial charge in [-0.3, -0.25) is 9.69 Å². The predicted molar refractivity (Wildman–Crippen MR) is 145 cm³/mol. The molecule has 0 aromatic heterocycles. The number of aliphatic hydroxyl groups is 1. The van der Waals surface area contributed by atoms with Crippen molar-refractivity contribution in [2.75, 3.05) is 52.5 Å².